The number of piperidine rings is 1. The Morgan fingerprint density at radius 1 is 1.52 bits per heavy atom. The van der Waals surface area contributed by atoms with Crippen molar-refractivity contribution in [3.8, 4) is 0 Å². The van der Waals surface area contributed by atoms with Gasteiger partial charge in [-0.15, -0.1) is 0 Å². The number of nitrogens with zero attached hydrogens (tertiary/aromatic N) is 3. The number of amides is 1. The monoisotopic (exact) mass is 295 g/mol. The topological polar surface area (TPSA) is 79.5 Å². The summed E-state index contributed by atoms with van der Waals surface area (Å²) in [6.45, 7) is 6.86. The fourth-order valence-electron chi connectivity index (χ4n) is 2.80. The van der Waals surface area contributed by atoms with E-state index in [1.54, 1.807) is 0 Å². The van der Waals surface area contributed by atoms with Crippen LogP contribution in [0.3, 0.4) is 0 Å². The van der Waals surface area contributed by atoms with E-state index in [2.05, 4.69) is 17.1 Å². The lowest BCUT2D eigenvalue weighted by atomic mass is 9.91. The summed E-state index contributed by atoms with van der Waals surface area (Å²) >= 11 is 0. The molecule has 2 atom stereocenters. The van der Waals surface area contributed by atoms with Crippen LogP contribution in [0.2, 0.25) is 0 Å². The number of carbonyl (C=O) groups excluding carboxylic acids is 1. The summed E-state index contributed by atoms with van der Waals surface area (Å²) in [5, 5.41) is 13.4. The van der Waals surface area contributed by atoms with Gasteiger partial charge in [0.1, 0.15) is 0 Å². The predicted molar refractivity (Wildman–Crippen MR) is 77.7 cm³/mol. The Labute approximate surface area is 125 Å². The van der Waals surface area contributed by atoms with Gasteiger partial charge in [0.15, 0.2) is 5.82 Å². The zero-order chi connectivity index (χ0) is 15.4. The minimum Gasteiger partial charge on any atom is -0.394 e. The Balaban J connectivity index is 1.91. The van der Waals surface area contributed by atoms with Crippen molar-refractivity contribution >= 4 is 5.91 Å². The molecule has 0 aromatic carbocycles. The van der Waals surface area contributed by atoms with Gasteiger partial charge in [-0.05, 0) is 18.8 Å². The van der Waals surface area contributed by atoms with Crippen molar-refractivity contribution < 1.29 is 14.4 Å². The average molecular weight is 295 g/mol. The Morgan fingerprint density at radius 3 is 2.90 bits per heavy atom. The minimum atomic E-state index is -0.0554. The Bertz CT molecular complexity index is 472. The molecule has 0 saturated carbocycles. The summed E-state index contributed by atoms with van der Waals surface area (Å²) in [5.41, 5.74) is 0. The van der Waals surface area contributed by atoms with Gasteiger partial charge in [-0.2, -0.15) is 4.98 Å². The van der Waals surface area contributed by atoms with Gasteiger partial charge < -0.3 is 14.5 Å². The molecular weight excluding hydrogens is 270 g/mol. The van der Waals surface area contributed by atoms with Gasteiger partial charge in [-0.3, -0.25) is 4.79 Å². The van der Waals surface area contributed by atoms with E-state index in [1.165, 1.54) is 0 Å². The number of hydrogen-bond acceptors (Lipinski definition) is 5. The molecule has 1 amide bonds. The van der Waals surface area contributed by atoms with Crippen molar-refractivity contribution in [1.82, 2.24) is 15.0 Å². The maximum atomic E-state index is 12.4. The van der Waals surface area contributed by atoms with Crippen molar-refractivity contribution in [3.63, 3.8) is 0 Å². The molecule has 1 saturated heterocycles. The number of aryl methyl sites for hydroxylation is 1. The first-order chi connectivity index (χ1) is 10.0. The van der Waals surface area contributed by atoms with Crippen molar-refractivity contribution in [2.75, 3.05) is 13.2 Å². The highest BCUT2D eigenvalue weighted by Gasteiger charge is 2.31. The van der Waals surface area contributed by atoms with E-state index >= 15 is 0 Å². The largest absolute Gasteiger partial charge is 0.394 e. The molecule has 1 fully saturated rings. The average Bonchev–Trinajstić information content (AvgIpc) is 2.93. The molecule has 0 spiro atoms. The molecule has 21 heavy (non-hydrogen) atoms. The van der Waals surface area contributed by atoms with Gasteiger partial charge in [-0.25, -0.2) is 0 Å². The summed E-state index contributed by atoms with van der Waals surface area (Å²) in [7, 11) is 0. The summed E-state index contributed by atoms with van der Waals surface area (Å²) in [6, 6.07) is -0.0554. The molecule has 1 aromatic rings. The molecule has 0 bridgehead atoms. The molecule has 0 aliphatic carbocycles. The molecule has 2 unspecified atom stereocenters. The van der Waals surface area contributed by atoms with Crippen LogP contribution in [-0.2, 0) is 11.2 Å². The molecule has 1 aliphatic rings. The van der Waals surface area contributed by atoms with E-state index in [1.807, 2.05) is 18.7 Å². The van der Waals surface area contributed by atoms with E-state index < -0.39 is 0 Å². The van der Waals surface area contributed by atoms with Crippen molar-refractivity contribution in [3.05, 3.63) is 11.7 Å². The predicted octanol–water partition coefficient (Wildman–Crippen LogP) is 1.75. The number of aromatic nitrogens is 2. The Kier molecular flexibility index (Phi) is 5.33. The molecule has 118 valence electrons. The van der Waals surface area contributed by atoms with Crippen LogP contribution in [-0.4, -0.2) is 45.2 Å². The first kappa shape index (κ1) is 15.9. The SMILES string of the molecule is CC(C)c1noc(CCC(=O)N2CCCC(C)C2CO)n1. The highest BCUT2D eigenvalue weighted by Crippen LogP contribution is 2.24. The van der Waals surface area contributed by atoms with E-state index in [4.69, 9.17) is 4.52 Å². The maximum absolute atomic E-state index is 12.4. The Hall–Kier alpha value is -1.43. The number of aliphatic hydroxyl groups is 1. The van der Waals surface area contributed by atoms with Crippen LogP contribution in [0.1, 0.15) is 57.7 Å². The summed E-state index contributed by atoms with van der Waals surface area (Å²) < 4.78 is 5.16. The smallest absolute Gasteiger partial charge is 0.227 e. The number of carbonyl (C=O) groups is 1. The summed E-state index contributed by atoms with van der Waals surface area (Å²) in [5.74, 6) is 1.82. The maximum Gasteiger partial charge on any atom is 0.227 e. The minimum absolute atomic E-state index is 0.0327. The van der Waals surface area contributed by atoms with Crippen LogP contribution in [0.25, 0.3) is 0 Å². The van der Waals surface area contributed by atoms with E-state index in [9.17, 15) is 9.90 Å². The lowest BCUT2D eigenvalue weighted by Crippen LogP contribution is -2.49. The van der Waals surface area contributed by atoms with Gasteiger partial charge in [0.05, 0.1) is 12.6 Å². The van der Waals surface area contributed by atoms with Gasteiger partial charge in [0.2, 0.25) is 11.8 Å². The van der Waals surface area contributed by atoms with E-state index in [0.29, 0.717) is 30.5 Å². The van der Waals surface area contributed by atoms with Gasteiger partial charge in [0.25, 0.3) is 0 Å². The fraction of sp³-hybridized carbons (Fsp3) is 0.800. The molecular formula is C15H25N3O3. The van der Waals surface area contributed by atoms with Crippen molar-refractivity contribution in [2.24, 2.45) is 5.92 Å². The standard InChI is InChI=1S/C15H25N3O3/c1-10(2)15-16-13(21-17-15)6-7-14(20)18-8-4-5-11(3)12(18)9-19/h10-12,19H,4-9H2,1-3H3. The molecule has 1 aliphatic heterocycles. The summed E-state index contributed by atoms with van der Waals surface area (Å²) in [6.07, 6.45) is 2.88. The quantitative estimate of drug-likeness (QED) is 0.895. The second-order valence-corrected chi connectivity index (χ2v) is 6.16. The second kappa shape index (κ2) is 7.02. The zero-order valence-electron chi connectivity index (χ0n) is 13.1. The van der Waals surface area contributed by atoms with Crippen LogP contribution >= 0.6 is 0 Å². The summed E-state index contributed by atoms with van der Waals surface area (Å²) in [4.78, 5) is 18.4. The van der Waals surface area contributed by atoms with Gasteiger partial charge >= 0.3 is 0 Å². The second-order valence-electron chi connectivity index (χ2n) is 6.16. The number of hydrogen-bond donors (Lipinski definition) is 1. The van der Waals surface area contributed by atoms with E-state index in [-0.39, 0.29) is 24.5 Å². The third-order valence-electron chi connectivity index (χ3n) is 4.18. The highest BCUT2D eigenvalue weighted by atomic mass is 16.5. The number of aliphatic hydroxyl groups excluding tert-OH is 1. The van der Waals surface area contributed by atoms with Crippen LogP contribution < -0.4 is 0 Å². The van der Waals surface area contributed by atoms with Crippen LogP contribution in [0, 0.1) is 5.92 Å². The molecule has 1 aromatic heterocycles. The first-order valence-corrected chi connectivity index (χ1v) is 7.75. The number of likely N-dealkylation sites (tertiary alicyclic amines) is 1. The molecule has 2 heterocycles. The third kappa shape index (κ3) is 3.81. The lowest BCUT2D eigenvalue weighted by molar-refractivity contribution is -0.137. The molecule has 2 rings (SSSR count). The molecule has 6 heteroatoms. The number of rotatable bonds is 5. The molecule has 1 N–H and O–H groups in total. The van der Waals surface area contributed by atoms with Crippen molar-refractivity contribution in [2.45, 2.75) is 58.4 Å². The van der Waals surface area contributed by atoms with Crippen LogP contribution in [0.15, 0.2) is 4.52 Å². The third-order valence-corrected chi connectivity index (χ3v) is 4.18. The highest BCUT2D eigenvalue weighted by molar-refractivity contribution is 5.76. The Morgan fingerprint density at radius 2 is 2.29 bits per heavy atom. The first-order valence-electron chi connectivity index (χ1n) is 7.75. The van der Waals surface area contributed by atoms with Gasteiger partial charge in [0, 0.05) is 25.3 Å². The molecule has 6 nitrogen and oxygen atoms in total. The zero-order valence-corrected chi connectivity index (χ0v) is 13.1. The van der Waals surface area contributed by atoms with Crippen LogP contribution in [0.4, 0.5) is 0 Å². The normalized spacial score (nSPS) is 22.8. The van der Waals surface area contributed by atoms with E-state index in [0.717, 1.165) is 19.4 Å². The molecule has 0 radical (unpaired) electrons. The lowest BCUT2D eigenvalue weighted by Gasteiger charge is -2.39. The van der Waals surface area contributed by atoms with Crippen molar-refractivity contribution in [1.29, 1.82) is 0 Å². The fourth-order valence-corrected chi connectivity index (χ4v) is 2.80. The van der Waals surface area contributed by atoms with Crippen LogP contribution in [0.5, 0.6) is 0 Å². The van der Waals surface area contributed by atoms with Gasteiger partial charge in [-0.1, -0.05) is 25.9 Å².